The topological polar surface area (TPSA) is 0 Å². The van der Waals surface area contributed by atoms with Crippen LogP contribution in [0.4, 0.5) is 0 Å². The molecule has 139 valence electrons. The Bertz CT molecular complexity index is 1020. The number of hydrogen-bond donors (Lipinski definition) is 0. The second-order valence-electron chi connectivity index (χ2n) is 8.36. The molecular weight excluding hydrogens is 416 g/mol. The quantitative estimate of drug-likeness (QED) is 0.389. The fourth-order valence-corrected chi connectivity index (χ4v) is 5.04. The summed E-state index contributed by atoms with van der Waals surface area (Å²) >= 11 is 0. The molecule has 3 aromatic carbocycles. The van der Waals surface area contributed by atoms with Crippen LogP contribution in [0.2, 0.25) is 0 Å². The van der Waals surface area contributed by atoms with Gasteiger partial charge in [0.15, 0.2) is 0 Å². The Hall–Kier alpha value is -1.46. The monoisotopic (exact) mass is 441 g/mol. The predicted molar refractivity (Wildman–Crippen MR) is 117 cm³/mol. The van der Waals surface area contributed by atoms with Gasteiger partial charge < -0.3 is 0 Å². The fourth-order valence-electron chi connectivity index (χ4n) is 5.04. The van der Waals surface area contributed by atoms with Gasteiger partial charge in [-0.1, -0.05) is 98.4 Å². The van der Waals surface area contributed by atoms with Crippen LogP contribution in [0.5, 0.6) is 0 Å². The number of fused-ring (bicyclic) bond motifs is 2. The van der Waals surface area contributed by atoms with Crippen molar-refractivity contribution in [3.05, 3.63) is 83.3 Å². The van der Waals surface area contributed by atoms with Crippen LogP contribution in [-0.4, -0.2) is 0 Å². The van der Waals surface area contributed by atoms with Crippen LogP contribution in [0.25, 0.3) is 28.0 Å². The normalized spacial score (nSPS) is 16.5. The average molecular weight is 443 g/mol. The third-order valence-electron chi connectivity index (χ3n) is 6.49. The van der Waals surface area contributed by atoms with Crippen molar-refractivity contribution in [1.29, 1.82) is 0 Å². The van der Waals surface area contributed by atoms with E-state index in [-0.39, 0.29) is 26.2 Å². The van der Waals surface area contributed by atoms with Gasteiger partial charge >= 0.3 is 0 Å². The Morgan fingerprint density at radius 2 is 1.57 bits per heavy atom. The van der Waals surface area contributed by atoms with E-state index in [1.807, 2.05) is 0 Å². The van der Waals surface area contributed by atoms with Crippen LogP contribution in [-0.2, 0) is 26.2 Å². The van der Waals surface area contributed by atoms with Crippen molar-refractivity contribution < 1.29 is 26.2 Å². The molecule has 0 nitrogen and oxygen atoms in total. The molecule has 0 amide bonds. The third-order valence-corrected chi connectivity index (χ3v) is 6.49. The predicted octanol–water partition coefficient (Wildman–Crippen LogP) is 7.73. The van der Waals surface area contributed by atoms with Gasteiger partial charge in [-0.2, -0.15) is 0 Å². The van der Waals surface area contributed by atoms with Crippen molar-refractivity contribution >= 4 is 16.8 Å². The molecular formula is C27H27Zr. The van der Waals surface area contributed by atoms with Gasteiger partial charge in [-0.05, 0) is 57.9 Å². The summed E-state index contributed by atoms with van der Waals surface area (Å²) in [6.45, 7) is 2.25. The van der Waals surface area contributed by atoms with Crippen LogP contribution in [0, 0.1) is 19.3 Å². The molecule has 28 heavy (non-hydrogen) atoms. The van der Waals surface area contributed by atoms with Gasteiger partial charge in [0.25, 0.3) is 0 Å². The smallest absolute Gasteiger partial charge is 0.0167 e. The Labute approximate surface area is 188 Å². The summed E-state index contributed by atoms with van der Waals surface area (Å²) in [5, 5.41) is 2.66. The molecule has 0 heterocycles. The molecule has 0 aromatic heterocycles. The summed E-state index contributed by atoms with van der Waals surface area (Å²) in [5.74, 6) is 0.886. The molecule has 1 fully saturated rings. The summed E-state index contributed by atoms with van der Waals surface area (Å²) in [4.78, 5) is 0. The van der Waals surface area contributed by atoms with Gasteiger partial charge in [0.05, 0.1) is 0 Å². The number of allylic oxidation sites excluding steroid dienone is 1. The summed E-state index contributed by atoms with van der Waals surface area (Å²) < 4.78 is 0. The molecule has 0 atom stereocenters. The van der Waals surface area contributed by atoms with E-state index in [4.69, 9.17) is 0 Å². The van der Waals surface area contributed by atoms with Crippen LogP contribution < -0.4 is 0 Å². The van der Waals surface area contributed by atoms with Crippen molar-refractivity contribution in [2.75, 3.05) is 0 Å². The minimum atomic E-state index is 0. The first-order valence-corrected chi connectivity index (χ1v) is 10.5. The zero-order valence-electron chi connectivity index (χ0n) is 16.7. The minimum absolute atomic E-state index is 0. The van der Waals surface area contributed by atoms with Crippen LogP contribution in [0.3, 0.4) is 0 Å². The van der Waals surface area contributed by atoms with E-state index in [2.05, 4.69) is 74.0 Å². The molecule has 1 saturated carbocycles. The number of benzene rings is 3. The van der Waals surface area contributed by atoms with E-state index in [0.29, 0.717) is 0 Å². The van der Waals surface area contributed by atoms with Gasteiger partial charge in [0.1, 0.15) is 0 Å². The summed E-state index contributed by atoms with van der Waals surface area (Å²) in [7, 11) is 0. The van der Waals surface area contributed by atoms with Gasteiger partial charge in [0.2, 0.25) is 0 Å². The molecule has 1 radical (unpaired) electrons. The molecule has 3 aromatic rings. The Balaban J connectivity index is 0.00000192. The molecule has 0 saturated heterocycles. The second kappa shape index (κ2) is 8.50. The maximum atomic E-state index is 2.48. The molecule has 2 aliphatic rings. The van der Waals surface area contributed by atoms with E-state index in [0.717, 1.165) is 5.92 Å². The maximum Gasteiger partial charge on any atom is 0.0167 e. The van der Waals surface area contributed by atoms with Gasteiger partial charge in [0, 0.05) is 32.6 Å². The fraction of sp³-hybridized carbons (Fsp3) is 0.296. The number of aryl methyl sites for hydroxylation is 1. The Kier molecular flexibility index (Phi) is 6.02. The first-order chi connectivity index (χ1) is 13.3. The average Bonchev–Trinajstić information content (AvgIpc) is 3.13. The molecule has 0 spiro atoms. The first kappa shape index (κ1) is 19.8. The zero-order chi connectivity index (χ0) is 18.2. The molecule has 0 bridgehead atoms. The van der Waals surface area contributed by atoms with Gasteiger partial charge in [-0.25, -0.2) is 0 Å². The van der Waals surface area contributed by atoms with Gasteiger partial charge in [-0.3, -0.25) is 0 Å². The van der Waals surface area contributed by atoms with Crippen molar-refractivity contribution in [2.24, 2.45) is 5.92 Å². The van der Waals surface area contributed by atoms with Gasteiger partial charge in [-0.15, -0.1) is 0 Å². The molecule has 5 rings (SSSR count). The van der Waals surface area contributed by atoms with E-state index >= 15 is 0 Å². The summed E-state index contributed by atoms with van der Waals surface area (Å²) in [6, 6.07) is 20.0. The van der Waals surface area contributed by atoms with Crippen LogP contribution in [0.15, 0.2) is 60.2 Å². The Morgan fingerprint density at radius 1 is 0.786 bits per heavy atom. The van der Waals surface area contributed by atoms with Crippen molar-refractivity contribution in [2.45, 2.75) is 45.4 Å². The van der Waals surface area contributed by atoms with Crippen molar-refractivity contribution in [1.82, 2.24) is 0 Å². The van der Waals surface area contributed by atoms with Crippen LogP contribution >= 0.6 is 0 Å². The third kappa shape index (κ3) is 3.71. The van der Waals surface area contributed by atoms with E-state index in [1.54, 1.807) is 0 Å². The first-order valence-electron chi connectivity index (χ1n) is 10.5. The largest absolute Gasteiger partial charge is 0.0616 e. The van der Waals surface area contributed by atoms with Crippen LogP contribution in [0.1, 0.15) is 55.2 Å². The maximum absolute atomic E-state index is 2.48. The second-order valence-corrected chi connectivity index (χ2v) is 8.36. The molecule has 0 aliphatic heterocycles. The van der Waals surface area contributed by atoms with E-state index in [9.17, 15) is 0 Å². The molecule has 2 aliphatic carbocycles. The van der Waals surface area contributed by atoms with E-state index in [1.165, 1.54) is 82.7 Å². The van der Waals surface area contributed by atoms with Crippen molar-refractivity contribution in [3.8, 4) is 11.1 Å². The summed E-state index contributed by atoms with van der Waals surface area (Å²) in [6.07, 6.45) is 13.3. The molecule has 0 unspecified atom stereocenters. The minimum Gasteiger partial charge on any atom is -0.0616 e. The SMILES string of the molecule is Cc1ccc(-c2cccc3ccccc23)c2c1[CH]C(CC1CCCCC1)=C2.[Zr]. The van der Waals surface area contributed by atoms with Crippen molar-refractivity contribution in [3.63, 3.8) is 0 Å². The van der Waals surface area contributed by atoms with E-state index < -0.39 is 0 Å². The molecule has 0 N–H and O–H groups in total. The Morgan fingerprint density at radius 3 is 2.43 bits per heavy atom. The zero-order valence-corrected chi connectivity index (χ0v) is 19.1. The standard InChI is InChI=1S/C27H27.Zr/c1-19-14-15-25(24-13-7-11-22-10-5-6-12-23(22)24)27-18-21(17-26(19)27)16-20-8-3-2-4-9-20;/h5-7,10-15,17-18,20H,2-4,8-9,16H2,1H3;. The number of hydrogen-bond acceptors (Lipinski definition) is 0. The summed E-state index contributed by atoms with van der Waals surface area (Å²) in [5.41, 5.74) is 8.52. The molecule has 1 heteroatoms. The number of rotatable bonds is 3.